The predicted octanol–water partition coefficient (Wildman–Crippen LogP) is 25.9. The largest absolute Gasteiger partial charge is 0.455 e. The zero-order chi connectivity index (χ0) is 64.6. The molecule has 0 fully saturated rings. The summed E-state index contributed by atoms with van der Waals surface area (Å²) in [6, 6.07) is 130. The van der Waals surface area contributed by atoms with E-state index in [1.165, 1.54) is 65.9 Å². The summed E-state index contributed by atoms with van der Waals surface area (Å²) in [6.07, 6.45) is 0. The minimum atomic E-state index is 0.896. The van der Waals surface area contributed by atoms with Crippen molar-refractivity contribution in [3.8, 4) is 33.6 Å². The van der Waals surface area contributed by atoms with Gasteiger partial charge in [-0.15, -0.1) is 0 Å². The highest BCUT2D eigenvalue weighted by molar-refractivity contribution is 6.21. The van der Waals surface area contributed by atoms with Crippen LogP contribution in [0.15, 0.2) is 373 Å². The molecule has 0 saturated carbocycles. The Morgan fingerprint density at radius 1 is 0.194 bits per heavy atom. The number of fused-ring (bicyclic) bond motifs is 16. The first-order valence-electron chi connectivity index (χ1n) is 33.4. The lowest BCUT2D eigenvalue weighted by Crippen LogP contribution is -2.11. The fraction of sp³-hybridized carbons (Fsp3) is 0. The molecule has 0 radical (unpaired) electrons. The van der Waals surface area contributed by atoms with E-state index in [1.807, 2.05) is 12.1 Å². The minimum absolute atomic E-state index is 0.896. The summed E-state index contributed by atoms with van der Waals surface area (Å²) < 4.78 is 17.7. The molecule has 0 aliphatic heterocycles. The van der Waals surface area contributed by atoms with Crippen LogP contribution in [0.2, 0.25) is 0 Å². The molecule has 16 aromatic carbocycles. The molecule has 0 aliphatic carbocycles. The van der Waals surface area contributed by atoms with Gasteiger partial charge in [-0.05, 0) is 144 Å². The standard InChI is InChI=1S/2C46H30N2O/c1-2-13-31(14-3-1)32-15-12-16-35(29-32)47(44-30-41-39-20-8-11-24-45(39)49-46(41)40-21-5-4-19-38(40)44)33-25-27-34(28-26-33)48-42-22-9-6-17-36(42)37-18-7-10-23-43(37)48;1-2-12-31(13-3-1)32-22-24-33(25-23-32)47(44-30-41-39-17-8-11-21-45(39)49-46(41)40-18-5-4-16-38(40)44)34-26-28-35(29-27-34)48-42-19-9-6-14-36(42)37-15-7-10-20-43(37)48/h2*1-30H. The highest BCUT2D eigenvalue weighted by atomic mass is 16.3. The van der Waals surface area contributed by atoms with E-state index in [9.17, 15) is 0 Å². The van der Waals surface area contributed by atoms with Crippen LogP contribution in [0, 0.1) is 0 Å². The van der Waals surface area contributed by atoms with Crippen molar-refractivity contribution in [2.24, 2.45) is 0 Å². The number of anilines is 6. The summed E-state index contributed by atoms with van der Waals surface area (Å²) in [5.41, 5.74) is 22.0. The molecule has 6 nitrogen and oxygen atoms in total. The quantitative estimate of drug-likeness (QED) is 0.137. The second-order valence-electron chi connectivity index (χ2n) is 25.1. The first-order chi connectivity index (χ1) is 48.6. The number of rotatable bonds is 10. The molecule has 0 atom stereocenters. The molecule has 4 heterocycles. The van der Waals surface area contributed by atoms with Gasteiger partial charge in [0.2, 0.25) is 0 Å². The Hall–Kier alpha value is -13.2. The van der Waals surface area contributed by atoms with Crippen LogP contribution in [0.25, 0.3) is 143 Å². The van der Waals surface area contributed by atoms with Crippen LogP contribution >= 0.6 is 0 Å². The maximum atomic E-state index is 6.49. The third-order valence-electron chi connectivity index (χ3n) is 19.5. The average molecular weight is 1250 g/mol. The molecule has 4 aromatic heterocycles. The van der Waals surface area contributed by atoms with Crippen molar-refractivity contribution in [3.05, 3.63) is 364 Å². The van der Waals surface area contributed by atoms with Crippen molar-refractivity contribution >= 4 is 143 Å². The first-order valence-corrected chi connectivity index (χ1v) is 33.4. The van der Waals surface area contributed by atoms with Crippen LogP contribution in [-0.4, -0.2) is 9.13 Å². The molecule has 6 heteroatoms. The van der Waals surface area contributed by atoms with Gasteiger partial charge in [-0.25, -0.2) is 0 Å². The van der Waals surface area contributed by atoms with Gasteiger partial charge in [-0.2, -0.15) is 0 Å². The zero-order valence-corrected chi connectivity index (χ0v) is 53.2. The third kappa shape index (κ3) is 9.41. The third-order valence-corrected chi connectivity index (χ3v) is 19.5. The number of hydrogen-bond donors (Lipinski definition) is 0. The number of benzene rings is 16. The van der Waals surface area contributed by atoms with Crippen LogP contribution in [0.3, 0.4) is 0 Å². The van der Waals surface area contributed by atoms with Crippen molar-refractivity contribution in [2.75, 3.05) is 9.80 Å². The summed E-state index contributed by atoms with van der Waals surface area (Å²) in [6.45, 7) is 0. The molecular weight excluding hydrogens is 1190 g/mol. The van der Waals surface area contributed by atoms with Gasteiger partial charge in [0.1, 0.15) is 22.3 Å². The Morgan fingerprint density at radius 3 is 0.918 bits per heavy atom. The molecule has 0 N–H and O–H groups in total. The predicted molar refractivity (Wildman–Crippen MR) is 411 cm³/mol. The molecule has 0 aliphatic rings. The molecular formula is C92H60N4O2. The topological polar surface area (TPSA) is 42.6 Å². The lowest BCUT2D eigenvalue weighted by atomic mass is 10.0. The van der Waals surface area contributed by atoms with Gasteiger partial charge in [0.05, 0.1) is 33.4 Å². The van der Waals surface area contributed by atoms with Crippen molar-refractivity contribution in [1.29, 1.82) is 0 Å². The average Bonchev–Trinajstić information content (AvgIpc) is 1.37. The Bertz CT molecular complexity index is 6310. The molecule has 98 heavy (non-hydrogen) atoms. The molecule has 0 bridgehead atoms. The smallest absolute Gasteiger partial charge is 0.143 e. The number of aromatic nitrogens is 2. The molecule has 460 valence electrons. The van der Waals surface area contributed by atoms with Crippen molar-refractivity contribution in [3.63, 3.8) is 0 Å². The van der Waals surface area contributed by atoms with Crippen LogP contribution in [0.4, 0.5) is 34.1 Å². The van der Waals surface area contributed by atoms with Crippen LogP contribution in [-0.2, 0) is 0 Å². The highest BCUT2D eigenvalue weighted by Crippen LogP contribution is 2.48. The number of para-hydroxylation sites is 6. The number of hydrogen-bond acceptors (Lipinski definition) is 4. The Balaban J connectivity index is 0.000000137. The van der Waals surface area contributed by atoms with Crippen LogP contribution in [0.5, 0.6) is 0 Å². The van der Waals surface area contributed by atoms with Gasteiger partial charge in [-0.1, -0.05) is 243 Å². The second kappa shape index (κ2) is 23.4. The van der Waals surface area contributed by atoms with E-state index < -0.39 is 0 Å². The lowest BCUT2D eigenvalue weighted by Gasteiger charge is -2.28. The number of nitrogens with zero attached hydrogens (tertiary/aromatic N) is 4. The first kappa shape index (κ1) is 56.4. The van der Waals surface area contributed by atoms with E-state index in [0.717, 1.165) is 111 Å². The van der Waals surface area contributed by atoms with Crippen LogP contribution in [0.1, 0.15) is 0 Å². The van der Waals surface area contributed by atoms with E-state index in [-0.39, 0.29) is 0 Å². The monoisotopic (exact) mass is 1250 g/mol. The van der Waals surface area contributed by atoms with E-state index >= 15 is 0 Å². The second-order valence-corrected chi connectivity index (χ2v) is 25.1. The lowest BCUT2D eigenvalue weighted by molar-refractivity contribution is 0.672. The fourth-order valence-corrected chi connectivity index (χ4v) is 15.1. The van der Waals surface area contributed by atoms with Gasteiger partial charge < -0.3 is 27.8 Å². The molecule has 0 unspecified atom stereocenters. The summed E-state index contributed by atoms with van der Waals surface area (Å²) >= 11 is 0. The van der Waals surface area contributed by atoms with Gasteiger partial charge in [0.15, 0.2) is 0 Å². The minimum Gasteiger partial charge on any atom is -0.455 e. The normalized spacial score (nSPS) is 11.7. The number of furan rings is 2. The Kier molecular flexibility index (Phi) is 13.5. The molecule has 0 spiro atoms. The summed E-state index contributed by atoms with van der Waals surface area (Å²) in [7, 11) is 0. The van der Waals surface area contributed by atoms with Gasteiger partial charge >= 0.3 is 0 Å². The summed E-state index contributed by atoms with van der Waals surface area (Å²) in [4.78, 5) is 4.78. The van der Waals surface area contributed by atoms with E-state index in [1.54, 1.807) is 0 Å². The van der Waals surface area contributed by atoms with Gasteiger partial charge in [0, 0.05) is 98.8 Å². The molecule has 0 amide bonds. The van der Waals surface area contributed by atoms with Crippen molar-refractivity contribution in [1.82, 2.24) is 9.13 Å². The van der Waals surface area contributed by atoms with Crippen LogP contribution < -0.4 is 9.80 Å². The van der Waals surface area contributed by atoms with E-state index in [2.05, 4.69) is 371 Å². The maximum absolute atomic E-state index is 6.49. The fourth-order valence-electron chi connectivity index (χ4n) is 15.1. The van der Waals surface area contributed by atoms with Crippen molar-refractivity contribution in [2.45, 2.75) is 0 Å². The SMILES string of the molecule is c1ccc(-c2ccc(N(c3ccc(-n4c5ccccc5c5ccccc54)cc3)c3cc4c5ccccc5oc4c4ccccc34)cc2)cc1.c1ccc(-c2cccc(N(c3ccc(-n4c5ccccc5c5ccccc54)cc3)c3cc4c5ccccc5oc4c4ccccc34)c2)cc1. The highest BCUT2D eigenvalue weighted by Gasteiger charge is 2.24. The molecule has 20 rings (SSSR count). The summed E-state index contributed by atoms with van der Waals surface area (Å²) in [5, 5.41) is 13.9. The Labute approximate surface area is 565 Å². The molecule has 0 saturated heterocycles. The maximum Gasteiger partial charge on any atom is 0.143 e. The van der Waals surface area contributed by atoms with E-state index in [0.29, 0.717) is 0 Å². The van der Waals surface area contributed by atoms with E-state index in [4.69, 9.17) is 8.83 Å². The zero-order valence-electron chi connectivity index (χ0n) is 53.2. The van der Waals surface area contributed by atoms with Crippen molar-refractivity contribution < 1.29 is 8.83 Å². The van der Waals surface area contributed by atoms with Gasteiger partial charge in [-0.3, -0.25) is 0 Å². The molecule has 20 aromatic rings. The summed E-state index contributed by atoms with van der Waals surface area (Å²) in [5.74, 6) is 0. The van der Waals surface area contributed by atoms with Gasteiger partial charge in [0.25, 0.3) is 0 Å². The Morgan fingerprint density at radius 2 is 0.500 bits per heavy atom.